The van der Waals surface area contributed by atoms with Crippen LogP contribution in [0.25, 0.3) is 0 Å². The Hall–Kier alpha value is -1.23. The van der Waals surface area contributed by atoms with Gasteiger partial charge in [-0.3, -0.25) is 9.59 Å². The molecule has 5 heteroatoms. The molecule has 0 aliphatic heterocycles. The van der Waals surface area contributed by atoms with Crippen molar-refractivity contribution in [3.05, 3.63) is 11.6 Å². The summed E-state index contributed by atoms with van der Waals surface area (Å²) in [6.07, 6.45) is 2.13. The first-order valence-corrected chi connectivity index (χ1v) is 5.24. The number of carbonyl (C=O) groups is 2. The number of carbonyl (C=O) groups excluding carboxylic acids is 2. The molecule has 0 fully saturated rings. The first kappa shape index (κ1) is 10.8. The van der Waals surface area contributed by atoms with Gasteiger partial charge in [-0.2, -0.15) is 0 Å². The highest BCUT2D eigenvalue weighted by Crippen LogP contribution is 2.13. The van der Waals surface area contributed by atoms with Gasteiger partial charge in [0, 0.05) is 11.6 Å². The Morgan fingerprint density at radius 1 is 1.64 bits per heavy atom. The first-order chi connectivity index (χ1) is 6.65. The second-order valence-electron chi connectivity index (χ2n) is 2.90. The zero-order valence-corrected chi connectivity index (χ0v) is 8.93. The Morgan fingerprint density at radius 3 is 2.79 bits per heavy atom. The van der Waals surface area contributed by atoms with E-state index in [-0.39, 0.29) is 11.7 Å². The second-order valence-corrected chi connectivity index (χ2v) is 3.79. The second kappa shape index (κ2) is 4.85. The van der Waals surface area contributed by atoms with Crippen molar-refractivity contribution in [3.63, 3.8) is 0 Å². The van der Waals surface area contributed by atoms with Crippen LogP contribution in [-0.4, -0.2) is 16.7 Å². The van der Waals surface area contributed by atoms with E-state index in [0.29, 0.717) is 11.6 Å². The van der Waals surface area contributed by atoms with E-state index in [9.17, 15) is 9.59 Å². The lowest BCUT2D eigenvalue weighted by atomic mass is 10.0. The standard InChI is InChI=1S/C9H12N2O2S/c1-3-7(6(2)12)8(13)11-9-10-4-5-14-9/h4-5,7H,3H2,1-2H3,(H,10,11,13). The molecule has 0 saturated heterocycles. The third-order valence-corrected chi connectivity index (χ3v) is 2.57. The summed E-state index contributed by atoms with van der Waals surface area (Å²) in [6.45, 7) is 3.24. The Kier molecular flexibility index (Phi) is 3.76. The topological polar surface area (TPSA) is 59.1 Å². The van der Waals surface area contributed by atoms with Crippen LogP contribution in [0, 0.1) is 5.92 Å². The summed E-state index contributed by atoms with van der Waals surface area (Å²) < 4.78 is 0. The van der Waals surface area contributed by atoms with Crippen molar-refractivity contribution in [2.45, 2.75) is 20.3 Å². The van der Waals surface area contributed by atoms with Crippen LogP contribution in [0.4, 0.5) is 5.13 Å². The van der Waals surface area contributed by atoms with E-state index in [4.69, 9.17) is 0 Å². The normalized spacial score (nSPS) is 12.1. The van der Waals surface area contributed by atoms with Gasteiger partial charge in [0.2, 0.25) is 5.91 Å². The number of Topliss-reactive ketones (excluding diaryl/α,β-unsaturated/α-hetero) is 1. The molecule has 0 radical (unpaired) electrons. The van der Waals surface area contributed by atoms with E-state index in [1.54, 1.807) is 11.6 Å². The molecule has 1 rings (SSSR count). The molecule has 0 spiro atoms. The molecule has 0 aliphatic rings. The van der Waals surface area contributed by atoms with Crippen LogP contribution in [0.1, 0.15) is 20.3 Å². The van der Waals surface area contributed by atoms with E-state index in [1.807, 2.05) is 6.92 Å². The van der Waals surface area contributed by atoms with Gasteiger partial charge in [0.1, 0.15) is 5.78 Å². The van der Waals surface area contributed by atoms with Crippen LogP contribution in [0.3, 0.4) is 0 Å². The Bertz CT molecular complexity index is 322. The predicted molar refractivity (Wildman–Crippen MR) is 55.2 cm³/mol. The zero-order chi connectivity index (χ0) is 10.6. The Labute approximate surface area is 86.4 Å². The summed E-state index contributed by atoms with van der Waals surface area (Å²) in [5.74, 6) is -0.935. The van der Waals surface area contributed by atoms with Crippen molar-refractivity contribution in [1.29, 1.82) is 0 Å². The van der Waals surface area contributed by atoms with E-state index in [0.717, 1.165) is 0 Å². The van der Waals surface area contributed by atoms with Crippen molar-refractivity contribution < 1.29 is 9.59 Å². The van der Waals surface area contributed by atoms with E-state index in [2.05, 4.69) is 10.3 Å². The average Bonchev–Trinajstić information content (AvgIpc) is 2.57. The maximum Gasteiger partial charge on any atom is 0.236 e. The molecule has 0 bridgehead atoms. The lowest BCUT2D eigenvalue weighted by Gasteiger charge is -2.09. The molecule has 0 saturated carbocycles. The summed E-state index contributed by atoms with van der Waals surface area (Å²) in [7, 11) is 0. The number of anilines is 1. The molecule has 1 amide bonds. The van der Waals surface area contributed by atoms with Crippen molar-refractivity contribution in [3.8, 4) is 0 Å². The monoisotopic (exact) mass is 212 g/mol. The highest BCUT2D eigenvalue weighted by Gasteiger charge is 2.21. The molecular formula is C9H12N2O2S. The minimum absolute atomic E-state index is 0.110. The van der Waals surface area contributed by atoms with Crippen LogP contribution in [0.2, 0.25) is 0 Å². The van der Waals surface area contributed by atoms with Gasteiger partial charge in [-0.05, 0) is 13.3 Å². The van der Waals surface area contributed by atoms with Crippen LogP contribution < -0.4 is 5.32 Å². The Balaban J connectivity index is 2.61. The molecule has 1 heterocycles. The zero-order valence-electron chi connectivity index (χ0n) is 8.11. The van der Waals surface area contributed by atoms with Crippen LogP contribution >= 0.6 is 11.3 Å². The van der Waals surface area contributed by atoms with Gasteiger partial charge < -0.3 is 5.32 Å². The molecule has 1 aromatic rings. The number of hydrogen-bond donors (Lipinski definition) is 1. The third-order valence-electron chi connectivity index (χ3n) is 1.88. The van der Waals surface area contributed by atoms with Crippen LogP contribution in [-0.2, 0) is 9.59 Å². The third kappa shape index (κ3) is 2.63. The minimum Gasteiger partial charge on any atom is -0.301 e. The fraction of sp³-hybridized carbons (Fsp3) is 0.444. The smallest absolute Gasteiger partial charge is 0.236 e. The molecule has 4 nitrogen and oxygen atoms in total. The maximum absolute atomic E-state index is 11.5. The molecule has 76 valence electrons. The summed E-state index contributed by atoms with van der Waals surface area (Å²) in [5.41, 5.74) is 0. The van der Waals surface area contributed by atoms with Gasteiger partial charge in [0.25, 0.3) is 0 Å². The van der Waals surface area contributed by atoms with Gasteiger partial charge in [-0.25, -0.2) is 4.98 Å². The summed E-state index contributed by atoms with van der Waals surface area (Å²) in [5, 5.41) is 4.91. The molecule has 1 aromatic heterocycles. The van der Waals surface area contributed by atoms with E-state index >= 15 is 0 Å². The predicted octanol–water partition coefficient (Wildman–Crippen LogP) is 1.70. The number of rotatable bonds is 4. The maximum atomic E-state index is 11.5. The van der Waals surface area contributed by atoms with E-state index in [1.165, 1.54) is 18.3 Å². The average molecular weight is 212 g/mol. The molecule has 1 N–H and O–H groups in total. The molecule has 1 atom stereocenters. The minimum atomic E-state index is -0.557. The van der Waals surface area contributed by atoms with Crippen molar-refractivity contribution in [1.82, 2.24) is 4.98 Å². The summed E-state index contributed by atoms with van der Waals surface area (Å²) >= 11 is 1.34. The van der Waals surface area contributed by atoms with Crippen molar-refractivity contribution in [2.75, 3.05) is 5.32 Å². The van der Waals surface area contributed by atoms with Crippen LogP contribution in [0.5, 0.6) is 0 Å². The molecule has 14 heavy (non-hydrogen) atoms. The number of thiazole rings is 1. The number of nitrogens with one attached hydrogen (secondary N) is 1. The van der Waals surface area contributed by atoms with Crippen LogP contribution in [0.15, 0.2) is 11.6 Å². The van der Waals surface area contributed by atoms with Gasteiger partial charge in [-0.15, -0.1) is 11.3 Å². The Morgan fingerprint density at radius 2 is 2.36 bits per heavy atom. The number of hydrogen-bond acceptors (Lipinski definition) is 4. The van der Waals surface area contributed by atoms with Gasteiger partial charge >= 0.3 is 0 Å². The highest BCUT2D eigenvalue weighted by atomic mass is 32.1. The fourth-order valence-corrected chi connectivity index (χ4v) is 1.67. The first-order valence-electron chi connectivity index (χ1n) is 4.36. The van der Waals surface area contributed by atoms with Gasteiger partial charge in [-0.1, -0.05) is 6.92 Å². The van der Waals surface area contributed by atoms with Crippen molar-refractivity contribution >= 4 is 28.2 Å². The number of nitrogens with zero attached hydrogens (tertiary/aromatic N) is 1. The number of aromatic nitrogens is 1. The summed E-state index contributed by atoms with van der Waals surface area (Å²) in [4.78, 5) is 26.5. The SMILES string of the molecule is CCC(C(C)=O)C(=O)Nc1nccs1. The lowest BCUT2D eigenvalue weighted by Crippen LogP contribution is -2.27. The molecular weight excluding hydrogens is 200 g/mol. The molecule has 1 unspecified atom stereocenters. The fourth-order valence-electron chi connectivity index (χ4n) is 1.14. The molecule has 0 aliphatic carbocycles. The largest absolute Gasteiger partial charge is 0.301 e. The number of amides is 1. The highest BCUT2D eigenvalue weighted by molar-refractivity contribution is 7.13. The van der Waals surface area contributed by atoms with Crippen molar-refractivity contribution in [2.24, 2.45) is 5.92 Å². The summed E-state index contributed by atoms with van der Waals surface area (Å²) in [6, 6.07) is 0. The van der Waals surface area contributed by atoms with Gasteiger partial charge in [0.05, 0.1) is 5.92 Å². The van der Waals surface area contributed by atoms with Gasteiger partial charge in [0.15, 0.2) is 5.13 Å². The quantitative estimate of drug-likeness (QED) is 0.773. The number of ketones is 1. The van der Waals surface area contributed by atoms with E-state index < -0.39 is 5.92 Å². The lowest BCUT2D eigenvalue weighted by molar-refractivity contribution is -0.129. The molecule has 0 aromatic carbocycles.